The Morgan fingerprint density at radius 2 is 0.514 bits per heavy atom. The normalized spacial score (nSPS) is 14.2. The summed E-state index contributed by atoms with van der Waals surface area (Å²) in [5.74, 6) is 0. The van der Waals surface area contributed by atoms with Gasteiger partial charge in [-0.1, -0.05) is 209 Å². The molecule has 0 spiro atoms. The van der Waals surface area contributed by atoms with E-state index in [1.807, 2.05) is 0 Å². The highest BCUT2D eigenvalue weighted by Crippen LogP contribution is 2.57. The van der Waals surface area contributed by atoms with Gasteiger partial charge in [0.25, 0.3) is 0 Å². The van der Waals surface area contributed by atoms with Gasteiger partial charge in [-0.15, -0.1) is 0 Å². The summed E-state index contributed by atoms with van der Waals surface area (Å²) >= 11 is 111. The van der Waals surface area contributed by atoms with E-state index < -0.39 is 22.8 Å². The molecule has 2 aromatic carbocycles. The first-order chi connectivity index (χ1) is 16.1. The molecule has 37 heavy (non-hydrogen) atoms. The molecule has 2 rings (SSSR count). The van der Waals surface area contributed by atoms with Gasteiger partial charge < -0.3 is 5.32 Å². The molecule has 0 fully saturated rings. The van der Waals surface area contributed by atoms with Gasteiger partial charge >= 0.3 is 0 Å². The van der Waals surface area contributed by atoms with Gasteiger partial charge in [0.1, 0.15) is 0 Å². The van der Waals surface area contributed by atoms with E-state index >= 15 is 0 Å². The van der Waals surface area contributed by atoms with Gasteiger partial charge in [0, 0.05) is 44.8 Å². The third-order valence-corrected chi connectivity index (χ3v) is 7.93. The number of benzene rings is 2. The fourth-order valence-electron chi connectivity index (χ4n) is 3.10. The van der Waals surface area contributed by atoms with Gasteiger partial charge in [0.15, 0.2) is 0 Å². The monoisotopic (exact) mass is 864 g/mol. The van der Waals surface area contributed by atoms with Crippen molar-refractivity contribution in [1.29, 1.82) is 0 Å². The SMILES string of the molecule is ClC(Cl)(Cl)c1cc(Nc2cc(C(Cl)(Cl)Cl)c(C(Cl)(Cl)Cl)c(C(Cl)(Cl)Cl)c2)cc(C(Cl)(Cl)Cl)c1C(Cl)(Cl)Cl. The molecule has 208 valence electrons. The summed E-state index contributed by atoms with van der Waals surface area (Å²) in [4.78, 5) is 0. The van der Waals surface area contributed by atoms with Crippen LogP contribution in [-0.2, 0) is 22.8 Å². The first-order valence-electron chi connectivity index (χ1n) is 8.71. The Labute approximate surface area is 302 Å². The molecule has 0 aliphatic carbocycles. The maximum absolute atomic E-state index is 6.16. The second kappa shape index (κ2) is 12.5. The van der Waals surface area contributed by atoms with Crippen LogP contribution in [0, 0.1) is 0 Å². The molecule has 0 heterocycles. The van der Waals surface area contributed by atoms with Crippen LogP contribution in [0.2, 0.25) is 0 Å². The fourth-order valence-corrected chi connectivity index (χ4v) is 6.11. The molecule has 0 atom stereocenters. The molecule has 0 saturated heterocycles. The van der Waals surface area contributed by atoms with E-state index in [1.54, 1.807) is 0 Å². The quantitative estimate of drug-likeness (QED) is 0.297. The first-order valence-corrected chi connectivity index (χ1v) is 15.5. The number of nitrogens with one attached hydrogen (secondary N) is 1. The molecule has 0 radical (unpaired) electrons. The number of alkyl halides is 18. The minimum absolute atomic E-state index is 0.134. The lowest BCUT2D eigenvalue weighted by atomic mass is 10.00. The molecule has 1 N–H and O–H groups in total. The van der Waals surface area contributed by atoms with Crippen LogP contribution in [0.1, 0.15) is 33.4 Å². The largest absolute Gasteiger partial charge is 0.355 e. The molecule has 0 amide bonds. The van der Waals surface area contributed by atoms with Crippen molar-refractivity contribution in [2.45, 2.75) is 22.8 Å². The summed E-state index contributed by atoms with van der Waals surface area (Å²) in [6.07, 6.45) is 0. The van der Waals surface area contributed by atoms with Crippen LogP contribution < -0.4 is 5.32 Å². The van der Waals surface area contributed by atoms with Crippen LogP contribution in [-0.4, -0.2) is 0 Å². The highest BCUT2D eigenvalue weighted by Gasteiger charge is 2.43. The highest BCUT2D eigenvalue weighted by atomic mass is 35.6. The van der Waals surface area contributed by atoms with Crippen LogP contribution in [0.5, 0.6) is 0 Å². The van der Waals surface area contributed by atoms with Crippen LogP contribution in [0.4, 0.5) is 11.4 Å². The Morgan fingerprint density at radius 3 is 0.649 bits per heavy atom. The van der Waals surface area contributed by atoms with E-state index in [2.05, 4.69) is 5.32 Å². The molecule has 2 aromatic rings. The second-order valence-electron chi connectivity index (χ2n) is 7.00. The molecule has 0 bridgehead atoms. The second-order valence-corrected chi connectivity index (χ2v) is 20.7. The third-order valence-electron chi connectivity index (χ3n) is 4.35. The maximum atomic E-state index is 6.16. The van der Waals surface area contributed by atoms with Crippen LogP contribution in [0.15, 0.2) is 24.3 Å². The van der Waals surface area contributed by atoms with Gasteiger partial charge in [-0.25, -0.2) is 0 Å². The Balaban J connectivity index is 2.94. The summed E-state index contributed by atoms with van der Waals surface area (Å²) in [7, 11) is 0. The van der Waals surface area contributed by atoms with Crippen LogP contribution >= 0.6 is 209 Å². The van der Waals surface area contributed by atoms with Crippen molar-refractivity contribution in [3.05, 3.63) is 57.6 Å². The Hall–Kier alpha value is 3.46. The molecule has 0 aliphatic rings. The minimum Gasteiger partial charge on any atom is -0.355 e. The zero-order valence-electron chi connectivity index (χ0n) is 16.6. The zero-order chi connectivity index (χ0) is 29.2. The van der Waals surface area contributed by atoms with E-state index in [9.17, 15) is 0 Å². The third kappa shape index (κ3) is 9.72. The smallest absolute Gasteiger partial charge is 0.216 e. The fraction of sp³-hybridized carbons (Fsp3) is 0.333. The average Bonchev–Trinajstić information content (AvgIpc) is 2.62. The Morgan fingerprint density at radius 1 is 0.324 bits per heavy atom. The summed E-state index contributed by atoms with van der Waals surface area (Å²) in [6.45, 7) is 0. The number of hydrogen-bond acceptors (Lipinski definition) is 1. The lowest BCUT2D eigenvalue weighted by Gasteiger charge is -2.30. The molecule has 0 aromatic heterocycles. The standard InChI is InChI=1S/C18H5Cl18N/c19-13(20,21)7-1-5(2-8(14(22,23)24)11(7)17(31,32)33)37-6-3-9(15(25,26)27)12(18(34,35)36)10(4-6)16(28,29)30/h1-4,37H. The van der Waals surface area contributed by atoms with E-state index in [1.165, 1.54) is 24.3 Å². The maximum Gasteiger partial charge on any atom is 0.216 e. The van der Waals surface area contributed by atoms with Gasteiger partial charge in [-0.05, 0) is 24.3 Å². The first kappa shape index (κ1) is 36.7. The lowest BCUT2D eigenvalue weighted by Crippen LogP contribution is -2.20. The lowest BCUT2D eigenvalue weighted by molar-refractivity contribution is 1.04. The highest BCUT2D eigenvalue weighted by molar-refractivity contribution is 6.72. The van der Waals surface area contributed by atoms with E-state index in [0.29, 0.717) is 0 Å². The van der Waals surface area contributed by atoms with Crippen molar-refractivity contribution in [2.24, 2.45) is 0 Å². The van der Waals surface area contributed by atoms with Gasteiger partial charge in [-0.3, -0.25) is 0 Å². The zero-order valence-corrected chi connectivity index (χ0v) is 30.2. The minimum atomic E-state index is -2.17. The van der Waals surface area contributed by atoms with Gasteiger partial charge in [-0.2, -0.15) is 0 Å². The molecule has 19 heteroatoms. The predicted octanol–water partition coefficient (Wildman–Crippen LogP) is 14.4. The molecule has 0 aliphatic heterocycles. The topological polar surface area (TPSA) is 12.0 Å². The molecular weight excluding hydrogens is 868 g/mol. The number of hydrogen-bond donors (Lipinski definition) is 1. The predicted molar refractivity (Wildman–Crippen MR) is 172 cm³/mol. The van der Waals surface area contributed by atoms with Crippen molar-refractivity contribution in [1.82, 2.24) is 0 Å². The summed E-state index contributed by atoms with van der Waals surface area (Å²) < 4.78 is -12.9. The molecule has 0 unspecified atom stereocenters. The Bertz CT molecular complexity index is 993. The van der Waals surface area contributed by atoms with Crippen molar-refractivity contribution in [3.63, 3.8) is 0 Å². The van der Waals surface area contributed by atoms with Crippen molar-refractivity contribution in [3.8, 4) is 0 Å². The summed E-state index contributed by atoms with van der Waals surface area (Å²) in [6, 6.07) is 5.27. The van der Waals surface area contributed by atoms with Gasteiger partial charge in [0.05, 0.1) is 0 Å². The van der Waals surface area contributed by atoms with Crippen molar-refractivity contribution >= 4 is 220 Å². The average molecular weight is 873 g/mol. The molecular formula is C18H5Cl18N. The summed E-state index contributed by atoms with van der Waals surface area (Å²) in [5, 5.41) is 2.95. The Kier molecular flexibility index (Phi) is 12.3. The van der Waals surface area contributed by atoms with Crippen molar-refractivity contribution in [2.75, 3.05) is 5.32 Å². The molecule has 0 saturated carbocycles. The number of rotatable bonds is 2. The van der Waals surface area contributed by atoms with E-state index in [4.69, 9.17) is 209 Å². The van der Waals surface area contributed by atoms with Crippen LogP contribution in [0.3, 0.4) is 0 Å². The van der Waals surface area contributed by atoms with Crippen LogP contribution in [0.25, 0.3) is 0 Å². The summed E-state index contributed by atoms with van der Waals surface area (Å²) in [5.41, 5.74) is -0.609. The number of halogens is 18. The van der Waals surface area contributed by atoms with E-state index in [-0.39, 0.29) is 44.8 Å². The van der Waals surface area contributed by atoms with Crippen molar-refractivity contribution < 1.29 is 0 Å². The number of anilines is 2. The van der Waals surface area contributed by atoms with Gasteiger partial charge in [0.2, 0.25) is 22.8 Å². The molecule has 1 nitrogen and oxygen atoms in total. The van der Waals surface area contributed by atoms with E-state index in [0.717, 1.165) is 0 Å².